The van der Waals surface area contributed by atoms with Crippen LogP contribution in [0.15, 0.2) is 18.2 Å². The molecule has 1 aliphatic heterocycles. The molecule has 0 aromatic heterocycles. The molecule has 1 heterocycles. The largest absolute Gasteiger partial charge is 0.419 e. The minimum atomic E-state index is -4.77. The van der Waals surface area contributed by atoms with Gasteiger partial charge in [-0.25, -0.2) is 4.39 Å². The monoisotopic (exact) mass is 279 g/mol. The lowest BCUT2D eigenvalue weighted by Crippen LogP contribution is -2.26. The number of halogens is 4. The van der Waals surface area contributed by atoms with Crippen LogP contribution in [0.4, 0.5) is 23.2 Å². The van der Waals surface area contributed by atoms with Gasteiger partial charge in [-0.1, -0.05) is 6.07 Å². The molecule has 18 heavy (non-hydrogen) atoms. The predicted molar refractivity (Wildman–Crippen MR) is 61.1 cm³/mol. The molecule has 98 valence electrons. The van der Waals surface area contributed by atoms with Crippen LogP contribution in [0, 0.1) is 5.82 Å². The SMILES string of the molecule is O=C1CC(S)CN1c1cccc(C(F)(F)F)c1F. The lowest BCUT2D eigenvalue weighted by atomic mass is 10.1. The van der Waals surface area contributed by atoms with Crippen molar-refractivity contribution in [2.24, 2.45) is 0 Å². The molecule has 7 heteroatoms. The molecule has 0 aliphatic carbocycles. The molecule has 1 atom stereocenters. The van der Waals surface area contributed by atoms with Crippen LogP contribution in [0.5, 0.6) is 0 Å². The van der Waals surface area contributed by atoms with Crippen LogP contribution in [0.1, 0.15) is 12.0 Å². The summed E-state index contributed by atoms with van der Waals surface area (Å²) in [5.74, 6) is -1.84. The van der Waals surface area contributed by atoms with Gasteiger partial charge >= 0.3 is 6.18 Å². The Hall–Kier alpha value is -1.24. The van der Waals surface area contributed by atoms with Crippen molar-refractivity contribution < 1.29 is 22.4 Å². The van der Waals surface area contributed by atoms with E-state index in [0.29, 0.717) is 6.07 Å². The third-order valence-corrected chi connectivity index (χ3v) is 3.03. The van der Waals surface area contributed by atoms with Crippen LogP contribution in [-0.2, 0) is 11.0 Å². The number of benzene rings is 1. The predicted octanol–water partition coefficient (Wildman–Crippen LogP) is 2.88. The molecule has 0 bridgehead atoms. The smallest absolute Gasteiger partial charge is 0.308 e. The van der Waals surface area contributed by atoms with Gasteiger partial charge in [0, 0.05) is 18.2 Å². The third-order valence-electron chi connectivity index (χ3n) is 2.68. The third kappa shape index (κ3) is 2.31. The number of amides is 1. The van der Waals surface area contributed by atoms with Crippen molar-refractivity contribution in [2.75, 3.05) is 11.4 Å². The van der Waals surface area contributed by atoms with Gasteiger partial charge in [-0.15, -0.1) is 0 Å². The molecule has 1 aromatic rings. The molecule has 2 nitrogen and oxygen atoms in total. The van der Waals surface area contributed by atoms with E-state index in [2.05, 4.69) is 12.6 Å². The van der Waals surface area contributed by atoms with Crippen LogP contribution in [0.25, 0.3) is 0 Å². The molecule has 1 unspecified atom stereocenters. The number of hydrogen-bond acceptors (Lipinski definition) is 2. The fraction of sp³-hybridized carbons (Fsp3) is 0.364. The standard InChI is InChI=1S/C11H9F4NOS/c12-10-7(11(13,14)15)2-1-3-8(10)16-5-6(18)4-9(16)17/h1-3,6,18H,4-5H2. The van der Waals surface area contributed by atoms with Crippen molar-refractivity contribution in [3.63, 3.8) is 0 Å². The number of hydrogen-bond donors (Lipinski definition) is 1. The number of carbonyl (C=O) groups excluding carboxylic acids is 1. The fourth-order valence-corrected chi connectivity index (χ4v) is 2.19. The minimum Gasteiger partial charge on any atom is -0.308 e. The second-order valence-electron chi connectivity index (χ2n) is 4.00. The fourth-order valence-electron chi connectivity index (χ4n) is 1.87. The topological polar surface area (TPSA) is 20.3 Å². The summed E-state index contributed by atoms with van der Waals surface area (Å²) in [7, 11) is 0. The maximum atomic E-state index is 13.8. The second-order valence-corrected chi connectivity index (χ2v) is 4.73. The first-order chi connectivity index (χ1) is 8.30. The number of thiol groups is 1. The minimum absolute atomic E-state index is 0.0960. The summed E-state index contributed by atoms with van der Waals surface area (Å²) in [6, 6.07) is 2.90. The van der Waals surface area contributed by atoms with E-state index in [-0.39, 0.29) is 23.9 Å². The average molecular weight is 279 g/mol. The highest BCUT2D eigenvalue weighted by molar-refractivity contribution is 7.81. The molecule has 1 amide bonds. The number of carbonyl (C=O) groups is 1. The van der Waals surface area contributed by atoms with E-state index in [1.54, 1.807) is 0 Å². The molecule has 1 fully saturated rings. The molecule has 0 spiro atoms. The van der Waals surface area contributed by atoms with Crippen LogP contribution < -0.4 is 4.90 Å². The normalized spacial score (nSPS) is 20.6. The quantitative estimate of drug-likeness (QED) is 0.619. The summed E-state index contributed by atoms with van der Waals surface area (Å²) in [6.45, 7) is 0.111. The van der Waals surface area contributed by atoms with E-state index in [4.69, 9.17) is 0 Å². The Morgan fingerprint density at radius 1 is 1.33 bits per heavy atom. The zero-order valence-electron chi connectivity index (χ0n) is 9.04. The summed E-state index contributed by atoms with van der Waals surface area (Å²) >= 11 is 4.07. The Morgan fingerprint density at radius 3 is 2.50 bits per heavy atom. The molecule has 0 N–H and O–H groups in total. The summed E-state index contributed by atoms with van der Waals surface area (Å²) < 4.78 is 51.4. The van der Waals surface area contributed by atoms with Crippen LogP contribution in [-0.4, -0.2) is 17.7 Å². The van der Waals surface area contributed by atoms with Gasteiger partial charge in [0.15, 0.2) is 5.82 Å². The Kier molecular flexibility index (Phi) is 3.27. The summed E-state index contributed by atoms with van der Waals surface area (Å²) in [5, 5.41) is -0.286. The van der Waals surface area contributed by atoms with E-state index in [1.807, 2.05) is 0 Å². The van der Waals surface area contributed by atoms with Crippen LogP contribution in [0.2, 0.25) is 0 Å². The number of alkyl halides is 3. The summed E-state index contributed by atoms with van der Waals surface area (Å²) in [6.07, 6.45) is -4.68. The number of nitrogens with zero attached hydrogens (tertiary/aromatic N) is 1. The van der Waals surface area contributed by atoms with Crippen molar-refractivity contribution in [2.45, 2.75) is 17.8 Å². The van der Waals surface area contributed by atoms with Gasteiger partial charge in [-0.05, 0) is 12.1 Å². The Bertz CT molecular complexity index is 488. The first kappa shape index (κ1) is 13.2. The van der Waals surface area contributed by atoms with E-state index < -0.39 is 23.5 Å². The van der Waals surface area contributed by atoms with Gasteiger partial charge in [0.25, 0.3) is 0 Å². The van der Waals surface area contributed by atoms with Gasteiger partial charge in [0.1, 0.15) is 0 Å². The molecule has 1 saturated heterocycles. The second kappa shape index (κ2) is 4.46. The highest BCUT2D eigenvalue weighted by atomic mass is 32.1. The molecule has 2 rings (SSSR count). The summed E-state index contributed by atoms with van der Waals surface area (Å²) in [4.78, 5) is 12.5. The van der Waals surface area contributed by atoms with Crippen molar-refractivity contribution in [3.8, 4) is 0 Å². The lowest BCUT2D eigenvalue weighted by molar-refractivity contribution is -0.140. The van der Waals surface area contributed by atoms with Gasteiger partial charge < -0.3 is 4.90 Å². The molecular weight excluding hydrogens is 270 g/mol. The lowest BCUT2D eigenvalue weighted by Gasteiger charge is -2.19. The zero-order valence-corrected chi connectivity index (χ0v) is 9.93. The molecule has 1 aromatic carbocycles. The maximum Gasteiger partial charge on any atom is 0.419 e. The number of anilines is 1. The molecule has 1 aliphatic rings. The Labute approximate surface area is 106 Å². The average Bonchev–Trinajstić information content (AvgIpc) is 2.56. The van der Waals surface area contributed by atoms with Crippen LogP contribution >= 0.6 is 12.6 Å². The van der Waals surface area contributed by atoms with Crippen molar-refractivity contribution in [1.29, 1.82) is 0 Å². The number of rotatable bonds is 1. The Morgan fingerprint density at radius 2 is 2.00 bits per heavy atom. The maximum absolute atomic E-state index is 13.8. The highest BCUT2D eigenvalue weighted by Crippen LogP contribution is 2.36. The van der Waals surface area contributed by atoms with Gasteiger partial charge in [0.2, 0.25) is 5.91 Å². The Balaban J connectivity index is 2.44. The molecular formula is C11H9F4NOS. The van der Waals surface area contributed by atoms with Crippen molar-refractivity contribution >= 4 is 24.2 Å². The zero-order chi connectivity index (χ0) is 13.5. The first-order valence-electron chi connectivity index (χ1n) is 5.15. The van der Waals surface area contributed by atoms with Crippen LogP contribution in [0.3, 0.4) is 0 Å². The first-order valence-corrected chi connectivity index (χ1v) is 5.66. The van der Waals surface area contributed by atoms with Crippen molar-refractivity contribution in [1.82, 2.24) is 0 Å². The van der Waals surface area contributed by atoms with E-state index in [0.717, 1.165) is 17.0 Å². The van der Waals surface area contributed by atoms with E-state index in [1.165, 1.54) is 0 Å². The van der Waals surface area contributed by atoms with Gasteiger partial charge in [0.05, 0.1) is 11.3 Å². The van der Waals surface area contributed by atoms with Crippen molar-refractivity contribution in [3.05, 3.63) is 29.6 Å². The molecule has 0 radical (unpaired) electrons. The van der Waals surface area contributed by atoms with E-state index >= 15 is 0 Å². The van der Waals surface area contributed by atoms with E-state index in [9.17, 15) is 22.4 Å². The van der Waals surface area contributed by atoms with Gasteiger partial charge in [-0.2, -0.15) is 25.8 Å². The summed E-state index contributed by atoms with van der Waals surface area (Å²) in [5.41, 5.74) is -1.71. The molecule has 0 saturated carbocycles. The van der Waals surface area contributed by atoms with Gasteiger partial charge in [-0.3, -0.25) is 4.79 Å². The highest BCUT2D eigenvalue weighted by Gasteiger charge is 2.37.